The van der Waals surface area contributed by atoms with E-state index in [4.69, 9.17) is 0 Å². The quantitative estimate of drug-likeness (QED) is 0.562. The highest BCUT2D eigenvalue weighted by molar-refractivity contribution is 7.20. The van der Waals surface area contributed by atoms with Crippen molar-refractivity contribution in [2.24, 2.45) is 0 Å². The number of rotatable bonds is 2. The fraction of sp³-hybridized carbons (Fsp3) is 0.150. The van der Waals surface area contributed by atoms with E-state index in [-0.39, 0.29) is 24.1 Å². The monoisotopic (exact) mass is 378 g/mol. The van der Waals surface area contributed by atoms with Crippen LogP contribution in [0.2, 0.25) is 0 Å². The number of nitrogens with one attached hydrogen (secondary N) is 1. The third-order valence-corrected chi connectivity index (χ3v) is 5.83. The van der Waals surface area contributed by atoms with Gasteiger partial charge in [0.05, 0.1) is 15.9 Å². The van der Waals surface area contributed by atoms with Crippen molar-refractivity contribution in [3.63, 3.8) is 0 Å². The molecule has 1 aliphatic heterocycles. The summed E-state index contributed by atoms with van der Waals surface area (Å²) in [5.74, 6) is -0.0279. The summed E-state index contributed by atoms with van der Waals surface area (Å²) in [6, 6.07) is 14.3. The Morgan fingerprint density at radius 3 is 2.89 bits per heavy atom. The van der Waals surface area contributed by atoms with Gasteiger partial charge in [0, 0.05) is 17.9 Å². The number of carbonyl (C=O) groups excluding carboxylic acids is 1. The first-order chi connectivity index (χ1) is 13.1. The van der Waals surface area contributed by atoms with E-state index in [0.717, 1.165) is 27.0 Å². The number of anilines is 1. The first-order valence-corrected chi connectivity index (χ1v) is 9.42. The van der Waals surface area contributed by atoms with Gasteiger partial charge < -0.3 is 5.32 Å². The lowest BCUT2D eigenvalue weighted by Crippen LogP contribution is -2.25. The molecule has 1 aliphatic rings. The number of aryl methyl sites for hydroxylation is 1. The van der Waals surface area contributed by atoms with Crippen LogP contribution >= 0.6 is 11.3 Å². The number of hydrogen-bond donors (Lipinski definition) is 1. The van der Waals surface area contributed by atoms with Gasteiger partial charge in [-0.15, -0.1) is 0 Å². The molecule has 0 saturated carbocycles. The second-order valence-electron chi connectivity index (χ2n) is 6.58. The lowest BCUT2D eigenvalue weighted by atomic mass is 9.86. The summed E-state index contributed by atoms with van der Waals surface area (Å²) in [5, 5.41) is 8.28. The number of carbonyl (C=O) groups is 1. The fourth-order valence-corrected chi connectivity index (χ4v) is 4.57. The van der Waals surface area contributed by atoms with Gasteiger partial charge in [-0.2, -0.15) is 9.78 Å². The summed E-state index contributed by atoms with van der Waals surface area (Å²) in [6.45, 7) is 1.91. The van der Waals surface area contributed by atoms with Crippen molar-refractivity contribution in [3.8, 4) is 5.13 Å². The van der Waals surface area contributed by atoms with Crippen LogP contribution in [0, 0.1) is 12.7 Å². The first-order valence-electron chi connectivity index (χ1n) is 8.61. The van der Waals surface area contributed by atoms with Crippen LogP contribution in [0.5, 0.6) is 0 Å². The summed E-state index contributed by atoms with van der Waals surface area (Å²) in [5.41, 5.74) is 3.39. The second kappa shape index (κ2) is 5.99. The normalized spacial score (nSPS) is 16.4. The Labute approximate surface area is 158 Å². The van der Waals surface area contributed by atoms with Crippen molar-refractivity contribution in [2.45, 2.75) is 19.3 Å². The summed E-state index contributed by atoms with van der Waals surface area (Å²) in [6.07, 6.45) is 0.267. The van der Waals surface area contributed by atoms with E-state index in [9.17, 15) is 9.18 Å². The van der Waals surface area contributed by atoms with Crippen LogP contribution in [0.4, 0.5) is 10.2 Å². The number of nitrogens with zero attached hydrogens (tertiary/aromatic N) is 3. The van der Waals surface area contributed by atoms with Crippen LogP contribution in [0.15, 0.2) is 48.5 Å². The maximum absolute atomic E-state index is 13.8. The molecule has 5 rings (SSSR count). The minimum absolute atomic E-state index is 0.112. The van der Waals surface area contributed by atoms with Crippen LogP contribution < -0.4 is 5.32 Å². The first kappa shape index (κ1) is 16.1. The Morgan fingerprint density at radius 2 is 2.07 bits per heavy atom. The van der Waals surface area contributed by atoms with E-state index < -0.39 is 0 Å². The van der Waals surface area contributed by atoms with Gasteiger partial charge in [0.2, 0.25) is 11.0 Å². The van der Waals surface area contributed by atoms with Crippen LogP contribution in [0.25, 0.3) is 15.3 Å². The average Bonchev–Trinajstić information content (AvgIpc) is 3.22. The van der Waals surface area contributed by atoms with Gasteiger partial charge in [-0.05, 0) is 36.8 Å². The fourth-order valence-electron chi connectivity index (χ4n) is 3.64. The van der Waals surface area contributed by atoms with Gasteiger partial charge in [-0.3, -0.25) is 4.79 Å². The van der Waals surface area contributed by atoms with Crippen molar-refractivity contribution in [1.29, 1.82) is 0 Å². The van der Waals surface area contributed by atoms with E-state index in [2.05, 4.69) is 15.4 Å². The molecule has 0 aliphatic carbocycles. The van der Waals surface area contributed by atoms with Crippen LogP contribution in [0.1, 0.15) is 29.2 Å². The smallest absolute Gasteiger partial charge is 0.226 e. The molecule has 0 radical (unpaired) electrons. The molecule has 0 fully saturated rings. The summed E-state index contributed by atoms with van der Waals surface area (Å²) >= 11 is 1.52. The minimum atomic E-state index is -0.309. The largest absolute Gasteiger partial charge is 0.310 e. The minimum Gasteiger partial charge on any atom is -0.310 e. The highest BCUT2D eigenvalue weighted by Crippen LogP contribution is 2.41. The zero-order chi connectivity index (χ0) is 18.5. The number of halogens is 1. The Bertz CT molecular complexity index is 1160. The van der Waals surface area contributed by atoms with E-state index in [1.807, 2.05) is 37.3 Å². The molecule has 7 heteroatoms. The number of aromatic nitrogens is 3. The van der Waals surface area contributed by atoms with Crippen LogP contribution in [-0.2, 0) is 4.79 Å². The molecule has 1 atom stereocenters. The zero-order valence-corrected chi connectivity index (χ0v) is 15.3. The second-order valence-corrected chi connectivity index (χ2v) is 7.59. The molecular weight excluding hydrogens is 363 g/mol. The van der Waals surface area contributed by atoms with Crippen LogP contribution in [-0.4, -0.2) is 20.7 Å². The summed E-state index contributed by atoms with van der Waals surface area (Å²) in [7, 11) is 0. The highest BCUT2D eigenvalue weighted by atomic mass is 32.1. The van der Waals surface area contributed by atoms with Crippen molar-refractivity contribution < 1.29 is 9.18 Å². The molecule has 5 nitrogen and oxygen atoms in total. The van der Waals surface area contributed by atoms with E-state index in [0.29, 0.717) is 10.9 Å². The summed E-state index contributed by atoms with van der Waals surface area (Å²) < 4.78 is 16.5. The molecule has 2 aromatic carbocycles. The summed E-state index contributed by atoms with van der Waals surface area (Å²) in [4.78, 5) is 17.0. The van der Waals surface area contributed by atoms with E-state index in [1.54, 1.807) is 10.7 Å². The predicted octanol–water partition coefficient (Wildman–Crippen LogP) is 4.40. The van der Waals surface area contributed by atoms with Gasteiger partial charge >= 0.3 is 0 Å². The molecule has 0 bridgehead atoms. The average molecular weight is 378 g/mol. The molecule has 4 aromatic rings. The Morgan fingerprint density at radius 1 is 1.22 bits per heavy atom. The SMILES string of the molecule is Cc1nn(-c2nc3ccccc3s2)c2c1C(c1cccc(F)c1)CC(=O)N2. The molecule has 134 valence electrons. The number of fused-ring (bicyclic) bond motifs is 2. The van der Waals surface area contributed by atoms with Crippen molar-refractivity contribution in [1.82, 2.24) is 14.8 Å². The highest BCUT2D eigenvalue weighted by Gasteiger charge is 2.33. The number of amides is 1. The molecule has 3 heterocycles. The van der Waals surface area contributed by atoms with Gasteiger partial charge in [-0.25, -0.2) is 9.37 Å². The molecule has 1 amide bonds. The molecule has 1 unspecified atom stereocenters. The van der Waals surface area contributed by atoms with Gasteiger partial charge in [0.1, 0.15) is 11.6 Å². The molecular formula is C20H15FN4OS. The Kier molecular flexibility index (Phi) is 3.58. The molecule has 0 saturated heterocycles. The number of benzene rings is 2. The van der Waals surface area contributed by atoms with E-state index in [1.165, 1.54) is 23.5 Å². The molecule has 0 spiro atoms. The maximum Gasteiger partial charge on any atom is 0.226 e. The Balaban J connectivity index is 1.69. The predicted molar refractivity (Wildman–Crippen MR) is 103 cm³/mol. The third kappa shape index (κ3) is 2.62. The lowest BCUT2D eigenvalue weighted by molar-refractivity contribution is -0.116. The number of hydrogen-bond acceptors (Lipinski definition) is 4. The van der Waals surface area contributed by atoms with E-state index >= 15 is 0 Å². The molecule has 2 aromatic heterocycles. The van der Waals surface area contributed by atoms with Gasteiger partial charge in [0.15, 0.2) is 0 Å². The number of thiazole rings is 1. The van der Waals surface area contributed by atoms with Crippen LogP contribution in [0.3, 0.4) is 0 Å². The zero-order valence-electron chi connectivity index (χ0n) is 14.4. The topological polar surface area (TPSA) is 59.8 Å². The van der Waals surface area contributed by atoms with Gasteiger partial charge in [0.25, 0.3) is 0 Å². The Hall–Kier alpha value is -3.06. The molecule has 27 heavy (non-hydrogen) atoms. The third-order valence-electron chi connectivity index (χ3n) is 4.82. The maximum atomic E-state index is 13.8. The molecule has 1 N–H and O–H groups in total. The van der Waals surface area contributed by atoms with Crippen molar-refractivity contribution >= 4 is 33.3 Å². The lowest BCUT2D eigenvalue weighted by Gasteiger charge is -2.24. The van der Waals surface area contributed by atoms with Gasteiger partial charge in [-0.1, -0.05) is 35.6 Å². The van der Waals surface area contributed by atoms with Crippen molar-refractivity contribution in [2.75, 3.05) is 5.32 Å². The standard InChI is InChI=1S/C20H15FN4OS/c1-11-18-14(12-5-4-6-13(21)9-12)10-17(26)23-19(18)25(24-11)20-22-15-7-2-3-8-16(15)27-20/h2-9,14H,10H2,1H3,(H,23,26). The van der Waals surface area contributed by atoms with Crippen molar-refractivity contribution in [3.05, 3.63) is 71.2 Å². The number of para-hydroxylation sites is 1.